The summed E-state index contributed by atoms with van der Waals surface area (Å²) in [6.45, 7) is 5.44. The number of carbonyl (C=O) groups excluding carboxylic acids is 1. The van der Waals surface area contributed by atoms with Crippen molar-refractivity contribution in [2.45, 2.75) is 51.4 Å². The van der Waals surface area contributed by atoms with Crippen molar-refractivity contribution in [1.29, 1.82) is 0 Å². The van der Waals surface area contributed by atoms with E-state index in [0.717, 1.165) is 69.7 Å². The van der Waals surface area contributed by atoms with Gasteiger partial charge in [0.2, 0.25) is 15.9 Å². The van der Waals surface area contributed by atoms with Crippen molar-refractivity contribution in [3.8, 4) is 0 Å². The number of carbonyl (C=O) groups is 1. The molecule has 2 aliphatic rings. The van der Waals surface area contributed by atoms with Crippen molar-refractivity contribution < 1.29 is 13.2 Å². The van der Waals surface area contributed by atoms with Gasteiger partial charge in [0, 0.05) is 38.4 Å². The largest absolute Gasteiger partial charge is 0.369 e. The fourth-order valence-corrected chi connectivity index (χ4v) is 6.23. The van der Waals surface area contributed by atoms with Crippen LogP contribution in [-0.2, 0) is 21.2 Å². The van der Waals surface area contributed by atoms with Gasteiger partial charge in [0.05, 0.1) is 12.2 Å². The van der Waals surface area contributed by atoms with E-state index in [1.807, 2.05) is 12.1 Å². The number of benzene rings is 1. The summed E-state index contributed by atoms with van der Waals surface area (Å²) in [6, 6.07) is 8.06. The molecule has 1 aliphatic heterocycles. The van der Waals surface area contributed by atoms with Crippen LogP contribution in [-0.4, -0.2) is 64.2 Å². The highest BCUT2D eigenvalue weighted by Crippen LogP contribution is 2.24. The lowest BCUT2D eigenvalue weighted by Crippen LogP contribution is -2.46. The Labute approximate surface area is 187 Å². The second-order valence-electron chi connectivity index (χ2n) is 9.03. The highest BCUT2D eigenvalue weighted by atomic mass is 32.2. The number of piperazine rings is 1. The van der Waals surface area contributed by atoms with Crippen LogP contribution in [0.15, 0.2) is 24.3 Å². The maximum atomic E-state index is 12.3. The second kappa shape index (κ2) is 11.8. The maximum Gasteiger partial charge on any atom is 0.221 e. The van der Waals surface area contributed by atoms with Gasteiger partial charge >= 0.3 is 0 Å². The Hall–Kier alpha value is -1.64. The van der Waals surface area contributed by atoms with E-state index in [1.54, 1.807) is 0 Å². The van der Waals surface area contributed by atoms with Gasteiger partial charge in [-0.3, -0.25) is 9.69 Å². The molecule has 0 bridgehead atoms. The van der Waals surface area contributed by atoms with Crippen LogP contribution in [0.4, 0.5) is 5.69 Å². The van der Waals surface area contributed by atoms with Crippen molar-refractivity contribution in [2.75, 3.05) is 49.9 Å². The molecular weight excluding hydrogens is 412 g/mol. The molecule has 3 N–H and O–H groups in total. The van der Waals surface area contributed by atoms with Crippen LogP contribution in [0.1, 0.15) is 50.5 Å². The van der Waals surface area contributed by atoms with Crippen molar-refractivity contribution in [3.05, 3.63) is 29.8 Å². The Morgan fingerprint density at radius 3 is 2.52 bits per heavy atom. The zero-order valence-electron chi connectivity index (χ0n) is 18.6. The molecule has 7 nitrogen and oxygen atoms in total. The minimum atomic E-state index is -3.13. The monoisotopic (exact) mass is 450 g/mol. The van der Waals surface area contributed by atoms with Crippen LogP contribution < -0.4 is 15.4 Å². The molecule has 1 aliphatic carbocycles. The van der Waals surface area contributed by atoms with Crippen molar-refractivity contribution in [3.63, 3.8) is 0 Å². The standard InChI is InChI=1S/C23H38N4O3S/c24-23(28)18-21-9-6-10-22(17-21)27-15-13-26(14-16-27)12-5-4-11-25-31(29,30)19-20-7-2-1-3-8-20/h6,9-10,17,20,25H,1-5,7-8,11-16,18-19H2,(H2,24,28). The van der Waals surface area contributed by atoms with Crippen molar-refractivity contribution >= 4 is 21.6 Å². The third kappa shape index (κ3) is 8.43. The lowest BCUT2D eigenvalue weighted by molar-refractivity contribution is -0.117. The van der Waals surface area contributed by atoms with Gasteiger partial charge in [-0.25, -0.2) is 13.1 Å². The average Bonchev–Trinajstić information content (AvgIpc) is 2.74. The van der Waals surface area contributed by atoms with E-state index < -0.39 is 10.0 Å². The number of hydrogen-bond donors (Lipinski definition) is 2. The highest BCUT2D eigenvalue weighted by Gasteiger charge is 2.21. The molecule has 1 aromatic carbocycles. The second-order valence-corrected chi connectivity index (χ2v) is 10.9. The molecule has 0 spiro atoms. The number of nitrogens with one attached hydrogen (secondary N) is 1. The van der Waals surface area contributed by atoms with Crippen molar-refractivity contribution in [1.82, 2.24) is 9.62 Å². The molecule has 2 fully saturated rings. The van der Waals surface area contributed by atoms with E-state index in [1.165, 1.54) is 19.3 Å². The quantitative estimate of drug-likeness (QED) is 0.504. The Kier molecular flexibility index (Phi) is 9.16. The van der Waals surface area contributed by atoms with Gasteiger partial charge in [0.25, 0.3) is 0 Å². The maximum absolute atomic E-state index is 12.3. The van der Waals surface area contributed by atoms with E-state index >= 15 is 0 Å². The van der Waals surface area contributed by atoms with Crippen LogP contribution in [0.2, 0.25) is 0 Å². The van der Waals surface area contributed by atoms with Crippen LogP contribution in [0.25, 0.3) is 0 Å². The molecule has 1 heterocycles. The minimum absolute atomic E-state index is 0.276. The number of sulfonamides is 1. The third-order valence-corrected chi connectivity index (χ3v) is 7.98. The highest BCUT2D eigenvalue weighted by molar-refractivity contribution is 7.89. The van der Waals surface area contributed by atoms with E-state index in [0.29, 0.717) is 18.2 Å². The zero-order chi connectivity index (χ0) is 22.1. The fourth-order valence-electron chi connectivity index (χ4n) is 4.71. The van der Waals surface area contributed by atoms with Crippen LogP contribution >= 0.6 is 0 Å². The molecule has 8 heteroatoms. The van der Waals surface area contributed by atoms with Gasteiger partial charge in [-0.2, -0.15) is 0 Å². The minimum Gasteiger partial charge on any atom is -0.369 e. The molecule has 0 radical (unpaired) electrons. The number of primary amides is 1. The Morgan fingerprint density at radius 1 is 1.06 bits per heavy atom. The summed E-state index contributed by atoms with van der Waals surface area (Å²) in [5.74, 6) is 0.340. The van der Waals surface area contributed by atoms with Crippen molar-refractivity contribution in [2.24, 2.45) is 11.7 Å². The van der Waals surface area contributed by atoms with Gasteiger partial charge in [0.15, 0.2) is 0 Å². The van der Waals surface area contributed by atoms with Crippen LogP contribution in [0, 0.1) is 5.92 Å². The first-order valence-corrected chi connectivity index (χ1v) is 13.4. The topological polar surface area (TPSA) is 95.7 Å². The predicted octanol–water partition coefficient (Wildman–Crippen LogP) is 2.12. The van der Waals surface area contributed by atoms with Gasteiger partial charge in [-0.05, 0) is 55.8 Å². The van der Waals surface area contributed by atoms with E-state index in [9.17, 15) is 13.2 Å². The zero-order valence-corrected chi connectivity index (χ0v) is 19.4. The normalized spacial score (nSPS) is 18.9. The molecule has 31 heavy (non-hydrogen) atoms. The molecule has 1 saturated carbocycles. The number of amides is 1. The number of nitrogens with two attached hydrogens (primary N) is 1. The third-order valence-electron chi connectivity index (χ3n) is 6.43. The fraction of sp³-hybridized carbons (Fsp3) is 0.696. The van der Waals surface area contributed by atoms with Gasteiger partial charge < -0.3 is 10.6 Å². The SMILES string of the molecule is NC(=O)Cc1cccc(N2CCN(CCCCNS(=O)(=O)CC3CCCCC3)CC2)c1. The smallest absolute Gasteiger partial charge is 0.221 e. The lowest BCUT2D eigenvalue weighted by Gasteiger charge is -2.36. The van der Waals surface area contributed by atoms with E-state index in [-0.39, 0.29) is 12.3 Å². The van der Waals surface area contributed by atoms with E-state index in [2.05, 4.69) is 26.7 Å². The van der Waals surface area contributed by atoms with E-state index in [4.69, 9.17) is 5.73 Å². The summed E-state index contributed by atoms with van der Waals surface area (Å²) < 4.78 is 27.3. The predicted molar refractivity (Wildman–Crippen MR) is 126 cm³/mol. The molecule has 0 aromatic heterocycles. The molecule has 1 amide bonds. The molecule has 1 saturated heterocycles. The summed E-state index contributed by atoms with van der Waals surface area (Å²) in [4.78, 5) is 15.9. The lowest BCUT2D eigenvalue weighted by atomic mass is 9.91. The molecule has 0 unspecified atom stereocenters. The van der Waals surface area contributed by atoms with Crippen LogP contribution in [0.5, 0.6) is 0 Å². The van der Waals surface area contributed by atoms with Crippen LogP contribution in [0.3, 0.4) is 0 Å². The number of unbranched alkanes of at least 4 members (excludes halogenated alkanes) is 1. The first-order valence-electron chi connectivity index (χ1n) is 11.7. The Morgan fingerprint density at radius 2 is 1.81 bits per heavy atom. The van der Waals surface area contributed by atoms with Gasteiger partial charge in [-0.15, -0.1) is 0 Å². The summed E-state index contributed by atoms with van der Waals surface area (Å²) in [7, 11) is -3.13. The summed E-state index contributed by atoms with van der Waals surface area (Å²) in [5, 5.41) is 0. The Bertz CT molecular complexity index is 801. The average molecular weight is 451 g/mol. The summed E-state index contributed by atoms with van der Waals surface area (Å²) in [5.41, 5.74) is 7.41. The molecule has 3 rings (SSSR count). The number of nitrogens with zero attached hydrogens (tertiary/aromatic N) is 2. The molecule has 0 atom stereocenters. The number of rotatable bonds is 11. The first kappa shape index (κ1) is 24.0. The van der Waals surface area contributed by atoms with Gasteiger partial charge in [0.1, 0.15) is 0 Å². The number of hydrogen-bond acceptors (Lipinski definition) is 5. The summed E-state index contributed by atoms with van der Waals surface area (Å²) in [6.07, 6.45) is 7.86. The number of anilines is 1. The Balaban J connectivity index is 1.30. The summed E-state index contributed by atoms with van der Waals surface area (Å²) >= 11 is 0. The molecular formula is C23H38N4O3S. The molecule has 174 valence electrons. The van der Waals surface area contributed by atoms with Gasteiger partial charge in [-0.1, -0.05) is 31.4 Å². The first-order chi connectivity index (χ1) is 14.9. The molecule has 1 aromatic rings.